The van der Waals surface area contributed by atoms with Crippen LogP contribution in [-0.2, 0) is 4.74 Å². The van der Waals surface area contributed by atoms with Gasteiger partial charge in [-0.2, -0.15) is 0 Å². The van der Waals surface area contributed by atoms with E-state index in [0.29, 0.717) is 16.5 Å². The molecule has 2 rings (SSSR count). The fraction of sp³-hybridized carbons (Fsp3) is 0.583. The van der Waals surface area contributed by atoms with Crippen molar-refractivity contribution in [2.75, 3.05) is 18.6 Å². The molecule has 0 bridgehead atoms. The lowest BCUT2D eigenvalue weighted by atomic mass is 10.1. The number of hydrogen-bond acceptors (Lipinski definition) is 6. The quantitative estimate of drug-likeness (QED) is 0.482. The number of Topliss-reactive ketones (excluding diaryl/α,β-unsaturated/α-hetero) is 1. The molecule has 2 heterocycles. The Balaban J connectivity index is 2.37. The standard InChI is InChI=1S/C12H16N2O4S/c1-7(15)11-6-10(14(16)17)12(19-11)13(3)9-4-5-18-8(9)2/h6,8-9H,4-5H2,1-3H3. The van der Waals surface area contributed by atoms with E-state index in [2.05, 4.69) is 0 Å². The predicted octanol–water partition coefficient (Wildman–Crippen LogP) is 2.47. The summed E-state index contributed by atoms with van der Waals surface area (Å²) in [6.07, 6.45) is 0.870. The number of ether oxygens (including phenoxy) is 1. The summed E-state index contributed by atoms with van der Waals surface area (Å²) in [7, 11) is 1.82. The van der Waals surface area contributed by atoms with Crippen molar-refractivity contribution in [3.05, 3.63) is 21.1 Å². The van der Waals surface area contributed by atoms with Crippen LogP contribution in [0.3, 0.4) is 0 Å². The molecule has 1 aromatic heterocycles. The maximum atomic E-state index is 11.4. The molecule has 1 saturated heterocycles. The Hall–Kier alpha value is -1.47. The third-order valence-electron chi connectivity index (χ3n) is 3.39. The molecule has 0 radical (unpaired) electrons. The number of anilines is 1. The highest BCUT2D eigenvalue weighted by molar-refractivity contribution is 7.18. The minimum absolute atomic E-state index is 0.00296. The van der Waals surface area contributed by atoms with Gasteiger partial charge >= 0.3 is 5.69 Å². The fourth-order valence-electron chi connectivity index (χ4n) is 2.31. The van der Waals surface area contributed by atoms with Gasteiger partial charge in [0.15, 0.2) is 10.8 Å². The zero-order valence-electron chi connectivity index (χ0n) is 11.1. The first kappa shape index (κ1) is 14.0. The lowest BCUT2D eigenvalue weighted by Gasteiger charge is -2.26. The lowest BCUT2D eigenvalue weighted by Crippen LogP contribution is -2.36. The summed E-state index contributed by atoms with van der Waals surface area (Å²) in [4.78, 5) is 24.3. The Morgan fingerprint density at radius 2 is 2.32 bits per heavy atom. The van der Waals surface area contributed by atoms with Crippen LogP contribution in [0.15, 0.2) is 6.07 Å². The normalized spacial score (nSPS) is 22.5. The van der Waals surface area contributed by atoms with Crippen molar-refractivity contribution >= 4 is 27.8 Å². The van der Waals surface area contributed by atoms with E-state index in [1.807, 2.05) is 18.9 Å². The molecule has 7 heteroatoms. The van der Waals surface area contributed by atoms with Crippen molar-refractivity contribution in [1.82, 2.24) is 0 Å². The van der Waals surface area contributed by atoms with Gasteiger partial charge in [-0.1, -0.05) is 0 Å². The van der Waals surface area contributed by atoms with Gasteiger partial charge in [-0.25, -0.2) is 0 Å². The maximum Gasteiger partial charge on any atom is 0.304 e. The number of likely N-dealkylation sites (N-methyl/N-ethyl adjacent to an activating group) is 1. The summed E-state index contributed by atoms with van der Waals surface area (Å²) in [5.41, 5.74) is -0.00296. The smallest absolute Gasteiger partial charge is 0.304 e. The number of hydrogen-bond donors (Lipinski definition) is 0. The van der Waals surface area contributed by atoms with Crippen LogP contribution < -0.4 is 4.90 Å². The Kier molecular flexibility index (Phi) is 3.86. The SMILES string of the molecule is CC(=O)c1cc([N+](=O)[O-])c(N(C)C2CCOC2C)s1. The Bertz CT molecular complexity index is 514. The monoisotopic (exact) mass is 284 g/mol. The first-order valence-corrected chi connectivity index (χ1v) is 6.87. The van der Waals surface area contributed by atoms with Gasteiger partial charge in [0.25, 0.3) is 0 Å². The van der Waals surface area contributed by atoms with E-state index >= 15 is 0 Å². The van der Waals surface area contributed by atoms with Crippen LogP contribution in [0.1, 0.15) is 29.9 Å². The van der Waals surface area contributed by atoms with Crippen molar-refractivity contribution in [2.24, 2.45) is 0 Å². The van der Waals surface area contributed by atoms with Crippen LogP contribution in [0.25, 0.3) is 0 Å². The van der Waals surface area contributed by atoms with Gasteiger partial charge < -0.3 is 9.64 Å². The van der Waals surface area contributed by atoms with Gasteiger partial charge in [0, 0.05) is 19.7 Å². The summed E-state index contributed by atoms with van der Waals surface area (Å²) < 4.78 is 5.49. The number of rotatable bonds is 4. The molecule has 2 atom stereocenters. The largest absolute Gasteiger partial charge is 0.376 e. The van der Waals surface area contributed by atoms with Crippen molar-refractivity contribution in [2.45, 2.75) is 32.4 Å². The summed E-state index contributed by atoms with van der Waals surface area (Å²) in [5, 5.41) is 11.6. The molecule has 1 fully saturated rings. The highest BCUT2D eigenvalue weighted by Crippen LogP contribution is 2.39. The highest BCUT2D eigenvalue weighted by Gasteiger charge is 2.33. The Morgan fingerprint density at radius 1 is 1.63 bits per heavy atom. The van der Waals surface area contributed by atoms with Gasteiger partial charge in [-0.3, -0.25) is 14.9 Å². The summed E-state index contributed by atoms with van der Waals surface area (Å²) in [6, 6.07) is 1.47. The number of ketones is 1. The average molecular weight is 284 g/mol. The minimum Gasteiger partial charge on any atom is -0.376 e. The minimum atomic E-state index is -0.435. The van der Waals surface area contributed by atoms with E-state index in [4.69, 9.17) is 4.74 Å². The van der Waals surface area contributed by atoms with Crippen LogP contribution in [0, 0.1) is 10.1 Å². The summed E-state index contributed by atoms with van der Waals surface area (Å²) >= 11 is 1.17. The second kappa shape index (κ2) is 5.26. The topological polar surface area (TPSA) is 72.7 Å². The van der Waals surface area contributed by atoms with E-state index < -0.39 is 4.92 Å². The molecule has 0 aromatic carbocycles. The van der Waals surface area contributed by atoms with Gasteiger partial charge in [-0.05, 0) is 20.3 Å². The highest BCUT2D eigenvalue weighted by atomic mass is 32.1. The first-order valence-electron chi connectivity index (χ1n) is 6.05. The van der Waals surface area contributed by atoms with Gasteiger partial charge in [0.1, 0.15) is 0 Å². The molecule has 1 aromatic rings. The van der Waals surface area contributed by atoms with Gasteiger partial charge in [-0.15, -0.1) is 11.3 Å². The van der Waals surface area contributed by atoms with Crippen LogP contribution in [-0.4, -0.2) is 36.5 Å². The number of thiophene rings is 1. The van der Waals surface area contributed by atoms with Gasteiger partial charge in [0.05, 0.1) is 21.9 Å². The maximum absolute atomic E-state index is 11.4. The molecule has 0 saturated carbocycles. The van der Waals surface area contributed by atoms with E-state index in [-0.39, 0.29) is 23.6 Å². The van der Waals surface area contributed by atoms with Gasteiger partial charge in [0.2, 0.25) is 0 Å². The molecule has 1 aliphatic rings. The van der Waals surface area contributed by atoms with Crippen molar-refractivity contribution in [3.8, 4) is 0 Å². The molecule has 0 spiro atoms. The first-order chi connectivity index (χ1) is 8.91. The zero-order valence-corrected chi connectivity index (χ0v) is 11.9. The van der Waals surface area contributed by atoms with Crippen molar-refractivity contribution in [3.63, 3.8) is 0 Å². The van der Waals surface area contributed by atoms with E-state index in [0.717, 1.165) is 6.42 Å². The van der Waals surface area contributed by atoms with Crippen LogP contribution in [0.2, 0.25) is 0 Å². The van der Waals surface area contributed by atoms with E-state index in [1.165, 1.54) is 24.3 Å². The third-order valence-corrected chi connectivity index (χ3v) is 4.71. The van der Waals surface area contributed by atoms with Crippen LogP contribution in [0.5, 0.6) is 0 Å². The Labute approximate surface area is 115 Å². The lowest BCUT2D eigenvalue weighted by molar-refractivity contribution is -0.383. The summed E-state index contributed by atoms with van der Waals surface area (Å²) in [5.74, 6) is -0.150. The molecular weight excluding hydrogens is 268 g/mol. The van der Waals surface area contributed by atoms with Crippen LogP contribution >= 0.6 is 11.3 Å². The molecular formula is C12H16N2O4S. The predicted molar refractivity (Wildman–Crippen MR) is 73.2 cm³/mol. The summed E-state index contributed by atoms with van der Waals surface area (Å²) in [6.45, 7) is 4.04. The molecule has 19 heavy (non-hydrogen) atoms. The average Bonchev–Trinajstić information content (AvgIpc) is 2.93. The molecule has 6 nitrogen and oxygen atoms in total. The van der Waals surface area contributed by atoms with E-state index in [1.54, 1.807) is 0 Å². The van der Waals surface area contributed by atoms with Crippen molar-refractivity contribution in [1.29, 1.82) is 0 Å². The number of nitrogens with zero attached hydrogens (tertiary/aromatic N) is 2. The molecule has 104 valence electrons. The number of nitro groups is 1. The Morgan fingerprint density at radius 3 is 2.79 bits per heavy atom. The molecule has 2 unspecified atom stereocenters. The molecule has 0 N–H and O–H groups in total. The van der Waals surface area contributed by atoms with Crippen LogP contribution in [0.4, 0.5) is 10.7 Å². The molecule has 0 aliphatic carbocycles. The number of carbonyl (C=O) groups excluding carboxylic acids is 1. The second-order valence-electron chi connectivity index (χ2n) is 4.66. The third kappa shape index (κ3) is 2.62. The molecule has 0 amide bonds. The van der Waals surface area contributed by atoms with Crippen molar-refractivity contribution < 1.29 is 14.5 Å². The van der Waals surface area contributed by atoms with E-state index in [9.17, 15) is 14.9 Å². The second-order valence-corrected chi connectivity index (χ2v) is 5.69. The fourth-order valence-corrected chi connectivity index (χ4v) is 3.35. The number of carbonyl (C=O) groups is 1. The zero-order chi connectivity index (χ0) is 14.2. The molecule has 1 aliphatic heterocycles.